The zero-order valence-corrected chi connectivity index (χ0v) is 11.5. The van der Waals surface area contributed by atoms with Gasteiger partial charge in [0.15, 0.2) is 0 Å². The van der Waals surface area contributed by atoms with Gasteiger partial charge in [-0.1, -0.05) is 64.8 Å². The minimum absolute atomic E-state index is 0.362. The van der Waals surface area contributed by atoms with Gasteiger partial charge in [0.2, 0.25) is 0 Å². The highest BCUT2D eigenvalue weighted by molar-refractivity contribution is 5.30. The van der Waals surface area contributed by atoms with Gasteiger partial charge in [-0.15, -0.1) is 0 Å². The molecule has 0 spiro atoms. The summed E-state index contributed by atoms with van der Waals surface area (Å²) in [5.74, 6) is 0.689. The minimum Gasteiger partial charge on any atom is -0.0654 e. The fraction of sp³-hybridized carbons (Fsp3) is 0.625. The molecule has 1 atom stereocenters. The Kier molecular flexibility index (Phi) is 4.58. The van der Waals surface area contributed by atoms with Gasteiger partial charge >= 0.3 is 0 Å². The van der Waals surface area contributed by atoms with Crippen LogP contribution in [0.4, 0.5) is 0 Å². The molecule has 1 aromatic rings. The predicted molar refractivity (Wildman–Crippen MR) is 72.9 cm³/mol. The van der Waals surface area contributed by atoms with Crippen LogP contribution in [0.3, 0.4) is 0 Å². The van der Waals surface area contributed by atoms with Crippen molar-refractivity contribution in [2.75, 3.05) is 0 Å². The van der Waals surface area contributed by atoms with Crippen molar-refractivity contribution in [2.45, 2.75) is 59.8 Å². The molecule has 0 aromatic heterocycles. The fourth-order valence-electron chi connectivity index (χ4n) is 2.44. The third-order valence-electron chi connectivity index (χ3n) is 3.46. The largest absolute Gasteiger partial charge is 0.0654 e. The molecule has 0 radical (unpaired) electrons. The summed E-state index contributed by atoms with van der Waals surface area (Å²) in [6.07, 6.45) is 3.93. The second-order valence-electron chi connectivity index (χ2n) is 5.92. The second-order valence-corrected chi connectivity index (χ2v) is 5.92. The lowest BCUT2D eigenvalue weighted by Gasteiger charge is -2.32. The summed E-state index contributed by atoms with van der Waals surface area (Å²) in [6, 6.07) is 8.85. The molecular weight excluding hydrogens is 192 g/mol. The third kappa shape index (κ3) is 3.37. The van der Waals surface area contributed by atoms with Crippen LogP contribution in [0, 0.1) is 12.3 Å². The molecule has 1 rings (SSSR count). The molecule has 90 valence electrons. The molecule has 0 aliphatic carbocycles. The van der Waals surface area contributed by atoms with Crippen LogP contribution in [-0.2, 0) is 0 Å². The van der Waals surface area contributed by atoms with Crippen LogP contribution in [0.2, 0.25) is 0 Å². The highest BCUT2D eigenvalue weighted by Gasteiger charge is 2.26. The van der Waals surface area contributed by atoms with Crippen LogP contribution in [0.1, 0.15) is 64.0 Å². The van der Waals surface area contributed by atoms with Crippen molar-refractivity contribution in [1.29, 1.82) is 0 Å². The molecule has 0 bridgehead atoms. The molecule has 0 aliphatic heterocycles. The van der Waals surface area contributed by atoms with Crippen molar-refractivity contribution in [3.05, 3.63) is 35.4 Å². The Morgan fingerprint density at radius 2 is 1.75 bits per heavy atom. The van der Waals surface area contributed by atoms with Crippen LogP contribution in [0.5, 0.6) is 0 Å². The van der Waals surface area contributed by atoms with E-state index in [0.717, 1.165) is 0 Å². The van der Waals surface area contributed by atoms with Crippen molar-refractivity contribution in [3.63, 3.8) is 0 Å². The Labute approximate surface area is 101 Å². The molecular formula is C16H26. The van der Waals surface area contributed by atoms with Gasteiger partial charge in [-0.2, -0.15) is 0 Å². The van der Waals surface area contributed by atoms with Crippen molar-refractivity contribution in [2.24, 2.45) is 5.41 Å². The van der Waals surface area contributed by atoms with Crippen LogP contribution >= 0.6 is 0 Å². The van der Waals surface area contributed by atoms with Gasteiger partial charge < -0.3 is 0 Å². The fourth-order valence-corrected chi connectivity index (χ4v) is 2.44. The topological polar surface area (TPSA) is 0 Å². The third-order valence-corrected chi connectivity index (χ3v) is 3.46. The van der Waals surface area contributed by atoms with E-state index in [9.17, 15) is 0 Å². The predicted octanol–water partition coefficient (Wildman–Crippen LogP) is 5.31. The van der Waals surface area contributed by atoms with E-state index in [0.29, 0.717) is 11.3 Å². The summed E-state index contributed by atoms with van der Waals surface area (Å²) in [5.41, 5.74) is 3.35. The summed E-state index contributed by atoms with van der Waals surface area (Å²) in [5, 5.41) is 0. The quantitative estimate of drug-likeness (QED) is 0.642. The number of benzene rings is 1. The van der Waals surface area contributed by atoms with Crippen molar-refractivity contribution >= 4 is 0 Å². The lowest BCUT2D eigenvalue weighted by molar-refractivity contribution is 0.298. The highest BCUT2D eigenvalue weighted by Crippen LogP contribution is 2.39. The van der Waals surface area contributed by atoms with E-state index >= 15 is 0 Å². The van der Waals surface area contributed by atoms with E-state index < -0.39 is 0 Å². The Balaban J connectivity index is 2.97. The van der Waals surface area contributed by atoms with Gasteiger partial charge in [0.25, 0.3) is 0 Å². The number of aryl methyl sites for hydroxylation is 1. The zero-order chi connectivity index (χ0) is 12.2. The van der Waals surface area contributed by atoms with Crippen LogP contribution in [-0.4, -0.2) is 0 Å². The first-order chi connectivity index (χ1) is 7.46. The summed E-state index contributed by atoms with van der Waals surface area (Å²) in [4.78, 5) is 0. The van der Waals surface area contributed by atoms with Crippen LogP contribution in [0.15, 0.2) is 24.3 Å². The average molecular weight is 218 g/mol. The molecule has 0 heterocycles. The molecule has 0 saturated heterocycles. The molecule has 0 heteroatoms. The Hall–Kier alpha value is -0.780. The molecule has 0 N–H and O–H groups in total. The van der Waals surface area contributed by atoms with Crippen molar-refractivity contribution < 1.29 is 0 Å². The van der Waals surface area contributed by atoms with Crippen molar-refractivity contribution in [1.82, 2.24) is 0 Å². The van der Waals surface area contributed by atoms with E-state index in [4.69, 9.17) is 0 Å². The lowest BCUT2D eigenvalue weighted by atomic mass is 9.73. The molecule has 0 amide bonds. The van der Waals surface area contributed by atoms with Gasteiger partial charge in [-0.3, -0.25) is 0 Å². The van der Waals surface area contributed by atoms with Gasteiger partial charge in [0.1, 0.15) is 0 Å². The second kappa shape index (κ2) is 5.52. The summed E-state index contributed by atoms with van der Waals surface area (Å²) >= 11 is 0. The SMILES string of the molecule is CCCCC(c1ccccc1C)C(C)(C)C. The highest BCUT2D eigenvalue weighted by atomic mass is 14.3. The molecule has 0 nitrogen and oxygen atoms in total. The minimum atomic E-state index is 0.362. The van der Waals surface area contributed by atoms with Gasteiger partial charge in [-0.05, 0) is 35.8 Å². The van der Waals surface area contributed by atoms with E-state index in [1.165, 1.54) is 24.8 Å². The van der Waals surface area contributed by atoms with Crippen LogP contribution < -0.4 is 0 Å². The van der Waals surface area contributed by atoms with Crippen LogP contribution in [0.25, 0.3) is 0 Å². The standard InChI is InChI=1S/C16H26/c1-6-7-12-15(16(3,4)5)14-11-9-8-10-13(14)2/h8-11,15H,6-7,12H2,1-5H3. The van der Waals surface area contributed by atoms with Gasteiger partial charge in [0, 0.05) is 0 Å². The Morgan fingerprint density at radius 3 is 2.25 bits per heavy atom. The smallest absolute Gasteiger partial charge is 0.0111 e. The van der Waals surface area contributed by atoms with Crippen molar-refractivity contribution in [3.8, 4) is 0 Å². The Morgan fingerprint density at radius 1 is 1.12 bits per heavy atom. The first kappa shape index (κ1) is 13.3. The van der Waals surface area contributed by atoms with Gasteiger partial charge in [0.05, 0.1) is 0 Å². The zero-order valence-electron chi connectivity index (χ0n) is 11.5. The van der Waals surface area contributed by atoms with E-state index in [-0.39, 0.29) is 0 Å². The maximum Gasteiger partial charge on any atom is -0.0111 e. The number of hydrogen-bond donors (Lipinski definition) is 0. The van der Waals surface area contributed by atoms with E-state index in [1.807, 2.05) is 0 Å². The van der Waals surface area contributed by atoms with E-state index in [2.05, 4.69) is 58.9 Å². The normalized spacial score (nSPS) is 13.8. The average Bonchev–Trinajstić information content (AvgIpc) is 2.19. The Bertz CT molecular complexity index is 317. The number of hydrogen-bond acceptors (Lipinski definition) is 0. The first-order valence-electron chi connectivity index (χ1n) is 6.52. The number of rotatable bonds is 4. The maximum absolute atomic E-state index is 2.36. The summed E-state index contributed by atoms with van der Waals surface area (Å²) in [6.45, 7) is 11.6. The molecule has 16 heavy (non-hydrogen) atoms. The summed E-state index contributed by atoms with van der Waals surface area (Å²) in [7, 11) is 0. The molecule has 0 saturated carbocycles. The molecule has 0 aliphatic rings. The summed E-state index contributed by atoms with van der Waals surface area (Å²) < 4.78 is 0. The van der Waals surface area contributed by atoms with E-state index in [1.54, 1.807) is 5.56 Å². The molecule has 1 unspecified atom stereocenters. The molecule has 1 aromatic carbocycles. The molecule has 0 fully saturated rings. The van der Waals surface area contributed by atoms with Gasteiger partial charge in [-0.25, -0.2) is 0 Å². The monoisotopic (exact) mass is 218 g/mol. The maximum atomic E-state index is 2.36. The first-order valence-corrected chi connectivity index (χ1v) is 6.52. The number of unbranched alkanes of at least 4 members (excludes halogenated alkanes) is 1. The lowest BCUT2D eigenvalue weighted by Crippen LogP contribution is -2.19.